The quantitative estimate of drug-likeness (QED) is 0.371. The molecule has 2 N–H and O–H groups in total. The number of fused-ring (bicyclic) bond motifs is 1. The van der Waals surface area contributed by atoms with Crippen LogP contribution in [0.4, 0.5) is 0 Å². The number of pyridine rings is 2. The van der Waals surface area contributed by atoms with Gasteiger partial charge >= 0.3 is 5.97 Å². The van der Waals surface area contributed by atoms with Gasteiger partial charge in [0.25, 0.3) is 0 Å². The fourth-order valence-corrected chi connectivity index (χ4v) is 5.91. The van der Waals surface area contributed by atoms with Crippen LogP contribution in [0, 0.1) is 11.8 Å². The second kappa shape index (κ2) is 12.3. The summed E-state index contributed by atoms with van der Waals surface area (Å²) in [5, 5.41) is 21.5. The first-order valence-electron chi connectivity index (χ1n) is 12.1. The Hall–Kier alpha value is -2.68. The minimum Gasteiger partial charge on any atom is -0.497 e. The number of hydrogen-bond acceptors (Lipinski definition) is 7. The van der Waals surface area contributed by atoms with Gasteiger partial charge in [-0.3, -0.25) is 14.8 Å². The van der Waals surface area contributed by atoms with Crippen LogP contribution in [-0.2, 0) is 4.79 Å². The van der Waals surface area contributed by atoms with Crippen molar-refractivity contribution in [2.24, 2.45) is 11.8 Å². The number of methoxy groups -OCH3 is 1. The van der Waals surface area contributed by atoms with Gasteiger partial charge in [-0.15, -0.1) is 11.8 Å². The number of rotatable bonds is 11. The van der Waals surface area contributed by atoms with Crippen molar-refractivity contribution in [3.63, 3.8) is 0 Å². The van der Waals surface area contributed by atoms with E-state index >= 15 is 0 Å². The highest BCUT2D eigenvalue weighted by Crippen LogP contribution is 2.35. The number of ether oxygens (including phenoxy) is 1. The second-order valence-electron chi connectivity index (χ2n) is 9.12. The zero-order valence-corrected chi connectivity index (χ0v) is 20.9. The van der Waals surface area contributed by atoms with Crippen molar-refractivity contribution in [2.45, 2.75) is 36.7 Å². The van der Waals surface area contributed by atoms with Crippen LogP contribution < -0.4 is 4.74 Å². The van der Waals surface area contributed by atoms with E-state index in [0.717, 1.165) is 60.4 Å². The molecule has 0 spiro atoms. The molecule has 3 atom stereocenters. The predicted octanol–water partition coefficient (Wildman–Crippen LogP) is 4.66. The normalized spacial score (nSPS) is 19.5. The van der Waals surface area contributed by atoms with E-state index < -0.39 is 12.1 Å². The van der Waals surface area contributed by atoms with Crippen LogP contribution in [-0.4, -0.2) is 63.5 Å². The van der Waals surface area contributed by atoms with Gasteiger partial charge in [-0.25, -0.2) is 0 Å². The molecule has 7 nitrogen and oxygen atoms in total. The molecule has 0 aliphatic carbocycles. The van der Waals surface area contributed by atoms with E-state index in [9.17, 15) is 15.0 Å². The number of benzene rings is 1. The molecule has 1 saturated heterocycles. The first-order valence-corrected chi connectivity index (χ1v) is 13.1. The molecule has 1 aromatic carbocycles. The molecule has 3 heterocycles. The highest BCUT2D eigenvalue weighted by molar-refractivity contribution is 7.99. The summed E-state index contributed by atoms with van der Waals surface area (Å²) in [7, 11) is 1.63. The van der Waals surface area contributed by atoms with Crippen molar-refractivity contribution in [1.82, 2.24) is 14.9 Å². The lowest BCUT2D eigenvalue weighted by Crippen LogP contribution is -2.42. The molecule has 8 heteroatoms. The van der Waals surface area contributed by atoms with Crippen molar-refractivity contribution < 1.29 is 19.7 Å². The molecule has 0 radical (unpaired) electrons. The molecule has 0 bridgehead atoms. The Kier molecular flexibility index (Phi) is 8.95. The van der Waals surface area contributed by atoms with Crippen LogP contribution in [0.25, 0.3) is 10.9 Å². The van der Waals surface area contributed by atoms with Crippen LogP contribution in [0.5, 0.6) is 5.75 Å². The minimum atomic E-state index is -0.749. The summed E-state index contributed by atoms with van der Waals surface area (Å²) in [6, 6.07) is 11.6. The second-order valence-corrected chi connectivity index (χ2v) is 10.3. The Morgan fingerprint density at radius 1 is 1.20 bits per heavy atom. The molecule has 35 heavy (non-hydrogen) atoms. The number of aromatic nitrogens is 2. The van der Waals surface area contributed by atoms with E-state index in [2.05, 4.69) is 14.9 Å². The zero-order valence-electron chi connectivity index (χ0n) is 20.0. The van der Waals surface area contributed by atoms with Crippen molar-refractivity contribution in [3.05, 3.63) is 60.6 Å². The van der Waals surface area contributed by atoms with Crippen molar-refractivity contribution >= 4 is 28.6 Å². The molecule has 1 fully saturated rings. The summed E-state index contributed by atoms with van der Waals surface area (Å²) in [5.74, 6) is 1.32. The number of piperidine rings is 1. The van der Waals surface area contributed by atoms with Crippen LogP contribution in [0.15, 0.2) is 59.9 Å². The topological polar surface area (TPSA) is 95.8 Å². The van der Waals surface area contributed by atoms with Gasteiger partial charge in [-0.05, 0) is 79.6 Å². The zero-order chi connectivity index (χ0) is 24.6. The van der Waals surface area contributed by atoms with Gasteiger partial charge in [0, 0.05) is 54.1 Å². The molecule has 2 aromatic heterocycles. The number of aliphatic carboxylic acids is 1. The molecule has 4 rings (SSSR count). The number of aliphatic hydroxyl groups excluding tert-OH is 1. The van der Waals surface area contributed by atoms with Crippen molar-refractivity contribution in [1.29, 1.82) is 0 Å². The molecule has 3 aromatic rings. The number of thioether (sulfide) groups is 1. The standard InChI is InChI=1S/C27H33N3O4S/c1-34-21-3-4-25-24(17-21)23(8-12-29-25)26(31)5-2-19-9-13-30(18-20(19)16-27(32)33)14-15-35-22-6-10-28-11-7-22/h3-4,6-8,10-12,17,19-20,26,31H,2,5,9,13-16,18H2,1H3,(H,32,33)/t19-,20+,26?/m1/s1. The third-order valence-corrected chi connectivity index (χ3v) is 7.88. The van der Waals surface area contributed by atoms with E-state index in [1.54, 1.807) is 37.5 Å². The molecule has 1 unspecified atom stereocenters. The summed E-state index contributed by atoms with van der Waals surface area (Å²) in [6.45, 7) is 2.69. The first kappa shape index (κ1) is 25.4. The summed E-state index contributed by atoms with van der Waals surface area (Å²) >= 11 is 1.80. The van der Waals surface area contributed by atoms with Crippen LogP contribution in [0.2, 0.25) is 0 Å². The molecular weight excluding hydrogens is 462 g/mol. The fraction of sp³-hybridized carbons (Fsp3) is 0.444. The molecule has 186 valence electrons. The van der Waals surface area contributed by atoms with Crippen LogP contribution in [0.1, 0.15) is 37.4 Å². The first-order chi connectivity index (χ1) is 17.0. The lowest BCUT2D eigenvalue weighted by atomic mass is 9.79. The maximum atomic E-state index is 11.6. The summed E-state index contributed by atoms with van der Waals surface area (Å²) in [6.07, 6.45) is 7.21. The maximum absolute atomic E-state index is 11.6. The number of carboxylic acid groups (broad SMARTS) is 1. The molecular formula is C27H33N3O4S. The Labute approximate surface area is 210 Å². The highest BCUT2D eigenvalue weighted by Gasteiger charge is 2.31. The Balaban J connectivity index is 1.35. The Bertz CT molecular complexity index is 1110. The predicted molar refractivity (Wildman–Crippen MR) is 138 cm³/mol. The number of carboxylic acids is 1. The molecule has 0 saturated carbocycles. The number of hydrogen-bond donors (Lipinski definition) is 2. The van der Waals surface area contributed by atoms with Gasteiger partial charge in [0.2, 0.25) is 0 Å². The third-order valence-electron chi connectivity index (χ3n) is 6.89. The Morgan fingerprint density at radius 2 is 2.03 bits per heavy atom. The lowest BCUT2D eigenvalue weighted by Gasteiger charge is -2.38. The SMILES string of the molecule is COc1ccc2nccc(C(O)CC[C@@H]3CCN(CCSc4ccncc4)C[C@@H]3CC(=O)O)c2c1. The highest BCUT2D eigenvalue weighted by atomic mass is 32.2. The maximum Gasteiger partial charge on any atom is 0.303 e. The molecule has 0 amide bonds. The van der Waals surface area contributed by atoms with E-state index in [0.29, 0.717) is 6.42 Å². The summed E-state index contributed by atoms with van der Waals surface area (Å²) in [4.78, 5) is 23.6. The molecule has 1 aliphatic heterocycles. The smallest absolute Gasteiger partial charge is 0.303 e. The van der Waals surface area contributed by atoms with Crippen molar-refractivity contribution in [3.8, 4) is 5.75 Å². The van der Waals surface area contributed by atoms with Gasteiger partial charge in [0.15, 0.2) is 0 Å². The number of carbonyl (C=O) groups is 1. The Morgan fingerprint density at radius 3 is 2.80 bits per heavy atom. The monoisotopic (exact) mass is 495 g/mol. The van der Waals surface area contributed by atoms with E-state index in [-0.39, 0.29) is 18.3 Å². The van der Waals surface area contributed by atoms with Crippen LogP contribution in [0.3, 0.4) is 0 Å². The lowest BCUT2D eigenvalue weighted by molar-refractivity contribution is -0.139. The third kappa shape index (κ3) is 6.93. The van der Waals surface area contributed by atoms with Crippen LogP contribution >= 0.6 is 11.8 Å². The van der Waals surface area contributed by atoms with E-state index in [4.69, 9.17) is 4.74 Å². The van der Waals surface area contributed by atoms with Gasteiger partial charge < -0.3 is 19.8 Å². The largest absolute Gasteiger partial charge is 0.497 e. The number of aliphatic hydroxyl groups is 1. The average molecular weight is 496 g/mol. The summed E-state index contributed by atoms with van der Waals surface area (Å²) in [5.41, 5.74) is 1.67. The van der Waals surface area contributed by atoms with E-state index in [1.807, 2.05) is 36.4 Å². The average Bonchev–Trinajstić information content (AvgIpc) is 2.87. The summed E-state index contributed by atoms with van der Waals surface area (Å²) < 4.78 is 5.35. The van der Waals surface area contributed by atoms with Gasteiger partial charge in [0.1, 0.15) is 5.75 Å². The number of nitrogens with zero attached hydrogens (tertiary/aromatic N) is 3. The van der Waals surface area contributed by atoms with Gasteiger partial charge in [0.05, 0.1) is 18.7 Å². The minimum absolute atomic E-state index is 0.0913. The van der Waals surface area contributed by atoms with E-state index in [1.165, 1.54) is 4.90 Å². The number of likely N-dealkylation sites (tertiary alicyclic amines) is 1. The molecule has 1 aliphatic rings. The fourth-order valence-electron chi connectivity index (χ4n) is 5.01. The van der Waals surface area contributed by atoms with Gasteiger partial charge in [-0.1, -0.05) is 0 Å². The van der Waals surface area contributed by atoms with Gasteiger partial charge in [-0.2, -0.15) is 0 Å². The van der Waals surface area contributed by atoms with Crippen molar-refractivity contribution in [2.75, 3.05) is 32.5 Å².